The van der Waals surface area contributed by atoms with Crippen LogP contribution < -0.4 is 5.32 Å². The van der Waals surface area contributed by atoms with Crippen LogP contribution in [0.1, 0.15) is 57.8 Å². The molecule has 4 aliphatic rings. The smallest absolute Gasteiger partial charge is 0.246 e. The van der Waals surface area contributed by atoms with E-state index in [4.69, 9.17) is 0 Å². The van der Waals surface area contributed by atoms with Crippen molar-refractivity contribution < 1.29 is 9.59 Å². The number of hydrogen-bond acceptors (Lipinski definition) is 2. The summed E-state index contributed by atoms with van der Waals surface area (Å²) in [5.41, 5.74) is -0.497. The molecule has 0 radical (unpaired) electrons. The second-order valence-electron chi connectivity index (χ2n) is 7.27. The predicted molar refractivity (Wildman–Crippen MR) is 74.9 cm³/mol. The van der Waals surface area contributed by atoms with Gasteiger partial charge in [0.2, 0.25) is 11.8 Å². The Morgan fingerprint density at radius 1 is 1.05 bits per heavy atom. The van der Waals surface area contributed by atoms with Crippen LogP contribution in [0.15, 0.2) is 0 Å². The molecule has 110 valence electrons. The zero-order valence-corrected chi connectivity index (χ0v) is 12.1. The maximum atomic E-state index is 12.9. The number of rotatable bonds is 3. The molecule has 0 aromatic carbocycles. The van der Waals surface area contributed by atoms with Crippen LogP contribution in [-0.4, -0.2) is 34.8 Å². The summed E-state index contributed by atoms with van der Waals surface area (Å²) in [5, 5.41) is 3.08. The van der Waals surface area contributed by atoms with Gasteiger partial charge in [0.1, 0.15) is 11.6 Å². The van der Waals surface area contributed by atoms with Crippen LogP contribution in [0.2, 0.25) is 0 Å². The van der Waals surface area contributed by atoms with E-state index in [0.717, 1.165) is 45.1 Å². The molecule has 3 saturated carbocycles. The van der Waals surface area contributed by atoms with Crippen LogP contribution >= 0.6 is 0 Å². The van der Waals surface area contributed by atoms with E-state index in [0.29, 0.717) is 11.8 Å². The quantitative estimate of drug-likeness (QED) is 0.855. The highest BCUT2D eigenvalue weighted by Crippen LogP contribution is 2.43. The van der Waals surface area contributed by atoms with Crippen molar-refractivity contribution in [3.8, 4) is 0 Å². The Kier molecular flexibility index (Phi) is 2.83. The molecule has 20 heavy (non-hydrogen) atoms. The van der Waals surface area contributed by atoms with Crippen LogP contribution in [0.5, 0.6) is 0 Å². The van der Waals surface area contributed by atoms with Gasteiger partial charge < -0.3 is 10.2 Å². The molecule has 1 saturated heterocycles. The minimum Gasteiger partial charge on any atom is -0.342 e. The van der Waals surface area contributed by atoms with Crippen molar-refractivity contribution in [2.24, 2.45) is 11.8 Å². The third kappa shape index (κ3) is 1.95. The molecule has 0 aromatic heterocycles. The monoisotopic (exact) mass is 276 g/mol. The second-order valence-corrected chi connectivity index (χ2v) is 7.27. The fraction of sp³-hybridized carbons (Fsp3) is 0.875. The van der Waals surface area contributed by atoms with Crippen molar-refractivity contribution in [2.45, 2.75) is 69.4 Å². The lowest BCUT2D eigenvalue weighted by atomic mass is 9.77. The van der Waals surface area contributed by atoms with E-state index < -0.39 is 5.54 Å². The molecule has 4 fully saturated rings. The average Bonchev–Trinajstić information content (AvgIpc) is 3.34. The van der Waals surface area contributed by atoms with E-state index in [1.54, 1.807) is 0 Å². The van der Waals surface area contributed by atoms with Crippen molar-refractivity contribution in [1.82, 2.24) is 10.2 Å². The van der Waals surface area contributed by atoms with Crippen molar-refractivity contribution in [1.29, 1.82) is 0 Å². The molecule has 0 aromatic rings. The fourth-order valence-corrected chi connectivity index (χ4v) is 4.04. The van der Waals surface area contributed by atoms with Gasteiger partial charge in [-0.1, -0.05) is 19.3 Å². The number of amides is 2. The highest BCUT2D eigenvalue weighted by Gasteiger charge is 2.55. The van der Waals surface area contributed by atoms with Gasteiger partial charge >= 0.3 is 0 Å². The van der Waals surface area contributed by atoms with E-state index in [1.807, 2.05) is 4.90 Å². The maximum absolute atomic E-state index is 12.9. The van der Waals surface area contributed by atoms with Gasteiger partial charge in [-0.15, -0.1) is 0 Å². The lowest BCUT2D eigenvalue weighted by Crippen LogP contribution is -2.71. The molecule has 1 unspecified atom stereocenters. The maximum Gasteiger partial charge on any atom is 0.246 e. The second kappa shape index (κ2) is 4.47. The molecule has 1 heterocycles. The summed E-state index contributed by atoms with van der Waals surface area (Å²) < 4.78 is 0. The van der Waals surface area contributed by atoms with E-state index >= 15 is 0 Å². The van der Waals surface area contributed by atoms with Gasteiger partial charge in [0, 0.05) is 6.54 Å². The van der Waals surface area contributed by atoms with Gasteiger partial charge in [-0.2, -0.15) is 0 Å². The highest BCUT2D eigenvalue weighted by atomic mass is 16.2. The average molecular weight is 276 g/mol. The zero-order valence-electron chi connectivity index (χ0n) is 12.1. The summed E-state index contributed by atoms with van der Waals surface area (Å²) in [7, 11) is 0. The summed E-state index contributed by atoms with van der Waals surface area (Å²) in [5.74, 6) is 1.44. The van der Waals surface area contributed by atoms with Crippen molar-refractivity contribution in [2.75, 3.05) is 6.54 Å². The third-order valence-corrected chi connectivity index (χ3v) is 5.67. The first-order chi connectivity index (χ1) is 9.71. The topological polar surface area (TPSA) is 49.4 Å². The Hall–Kier alpha value is -1.06. The Balaban J connectivity index is 1.64. The lowest BCUT2D eigenvalue weighted by Gasteiger charge is -2.50. The van der Waals surface area contributed by atoms with Gasteiger partial charge in [0.25, 0.3) is 0 Å². The summed E-state index contributed by atoms with van der Waals surface area (Å²) in [6.07, 6.45) is 9.76. The predicted octanol–water partition coefficient (Wildman–Crippen LogP) is 1.84. The molecular formula is C16H24N2O2. The molecule has 1 spiro atoms. The molecule has 1 N–H and O–H groups in total. The standard InChI is InChI=1S/C16H24N2O2/c19-14-13(12-6-7-12)17-15(20)16(8-2-1-3-9-16)18(14)10-11-4-5-11/h11-13H,1-10H2,(H,17,20). The molecule has 2 amide bonds. The largest absolute Gasteiger partial charge is 0.342 e. The van der Waals surface area contributed by atoms with Gasteiger partial charge in [-0.25, -0.2) is 0 Å². The van der Waals surface area contributed by atoms with Crippen LogP contribution in [0.4, 0.5) is 0 Å². The highest BCUT2D eigenvalue weighted by molar-refractivity contribution is 6.00. The number of nitrogens with one attached hydrogen (secondary N) is 1. The molecule has 1 aliphatic heterocycles. The van der Waals surface area contributed by atoms with Crippen molar-refractivity contribution >= 4 is 11.8 Å². The molecular weight excluding hydrogens is 252 g/mol. The summed E-state index contributed by atoms with van der Waals surface area (Å²) >= 11 is 0. The summed E-state index contributed by atoms with van der Waals surface area (Å²) in [4.78, 5) is 27.7. The van der Waals surface area contributed by atoms with Gasteiger partial charge in [-0.3, -0.25) is 9.59 Å². The van der Waals surface area contributed by atoms with Crippen LogP contribution in [0.25, 0.3) is 0 Å². The Bertz CT molecular complexity index is 434. The van der Waals surface area contributed by atoms with Crippen LogP contribution in [0.3, 0.4) is 0 Å². The molecule has 4 rings (SSSR count). The van der Waals surface area contributed by atoms with E-state index in [2.05, 4.69) is 5.32 Å². The fourth-order valence-electron chi connectivity index (χ4n) is 4.04. The van der Waals surface area contributed by atoms with Crippen molar-refractivity contribution in [3.63, 3.8) is 0 Å². The first kappa shape index (κ1) is 12.7. The van der Waals surface area contributed by atoms with E-state index in [9.17, 15) is 9.59 Å². The van der Waals surface area contributed by atoms with Crippen molar-refractivity contribution in [3.05, 3.63) is 0 Å². The normalized spacial score (nSPS) is 33.4. The number of piperazine rings is 1. The Morgan fingerprint density at radius 3 is 2.35 bits per heavy atom. The van der Waals surface area contributed by atoms with Crippen LogP contribution in [0, 0.1) is 11.8 Å². The molecule has 3 aliphatic carbocycles. The number of nitrogens with zero attached hydrogens (tertiary/aromatic N) is 1. The molecule has 1 atom stereocenters. The SMILES string of the molecule is O=C1C(C2CC2)NC(=O)C2(CCCCC2)N1CC1CC1. The molecule has 0 bridgehead atoms. The minimum absolute atomic E-state index is 0.148. The number of carbonyl (C=O) groups excluding carboxylic acids is 2. The Morgan fingerprint density at radius 2 is 1.75 bits per heavy atom. The van der Waals surface area contributed by atoms with Crippen LogP contribution in [-0.2, 0) is 9.59 Å². The number of hydrogen-bond donors (Lipinski definition) is 1. The van der Waals surface area contributed by atoms with E-state index in [-0.39, 0.29) is 17.9 Å². The van der Waals surface area contributed by atoms with Gasteiger partial charge in [0.15, 0.2) is 0 Å². The van der Waals surface area contributed by atoms with Gasteiger partial charge in [-0.05, 0) is 50.4 Å². The molecule has 4 heteroatoms. The zero-order chi connectivity index (χ0) is 13.7. The van der Waals surface area contributed by atoms with E-state index in [1.165, 1.54) is 19.3 Å². The minimum atomic E-state index is -0.497. The Labute approximate surface area is 120 Å². The first-order valence-corrected chi connectivity index (χ1v) is 8.33. The summed E-state index contributed by atoms with van der Waals surface area (Å²) in [6, 6.07) is -0.214. The lowest BCUT2D eigenvalue weighted by molar-refractivity contribution is -0.161. The number of carbonyl (C=O) groups is 2. The first-order valence-electron chi connectivity index (χ1n) is 8.33. The summed E-state index contributed by atoms with van der Waals surface area (Å²) in [6.45, 7) is 0.829. The third-order valence-electron chi connectivity index (χ3n) is 5.67. The van der Waals surface area contributed by atoms with Gasteiger partial charge in [0.05, 0.1) is 0 Å². The molecule has 4 nitrogen and oxygen atoms in total.